The number of nitrogens with one attached hydrogen (secondary N) is 1. The number of carbonyl (C=O) groups is 1. The molecule has 1 aromatic rings. The van der Waals surface area contributed by atoms with Crippen LogP contribution in [-0.2, 0) is 15.1 Å². The van der Waals surface area contributed by atoms with Gasteiger partial charge in [-0.1, -0.05) is 12.1 Å². The summed E-state index contributed by atoms with van der Waals surface area (Å²) in [6, 6.07) is 7.65. The van der Waals surface area contributed by atoms with Crippen LogP contribution in [-0.4, -0.2) is 27.2 Å². The van der Waals surface area contributed by atoms with E-state index in [1.807, 2.05) is 38.2 Å². The van der Waals surface area contributed by atoms with Crippen LogP contribution in [0.5, 0.6) is 5.75 Å². The Morgan fingerprint density at radius 2 is 2.12 bits per heavy atom. The van der Waals surface area contributed by atoms with Gasteiger partial charge in [-0.3, -0.25) is 4.79 Å². The molecule has 0 saturated carbocycles. The summed E-state index contributed by atoms with van der Waals surface area (Å²) in [5.41, 5.74) is 0.534. The minimum absolute atomic E-state index is 0.246. The van der Waals surface area contributed by atoms with Crippen molar-refractivity contribution in [2.24, 2.45) is 0 Å². The van der Waals surface area contributed by atoms with Crippen LogP contribution in [0.2, 0.25) is 0 Å². The average Bonchev–Trinajstić information content (AvgIpc) is 2.38. The highest BCUT2D eigenvalue weighted by atomic mass is 16.5. The molecule has 0 amide bonds. The Kier molecular flexibility index (Phi) is 4.52. The minimum Gasteiger partial charge on any atom is -0.497 e. The van der Waals surface area contributed by atoms with Crippen molar-refractivity contribution in [1.82, 2.24) is 5.32 Å². The van der Waals surface area contributed by atoms with E-state index in [0.29, 0.717) is 0 Å². The molecule has 0 radical (unpaired) electrons. The summed E-state index contributed by atoms with van der Waals surface area (Å²) in [6.07, 6.45) is 0.271. The van der Waals surface area contributed by atoms with Crippen LogP contribution in [0.25, 0.3) is 0 Å². The van der Waals surface area contributed by atoms with Crippen LogP contribution in [0.3, 0.4) is 0 Å². The van der Waals surface area contributed by atoms with Gasteiger partial charge in [0.2, 0.25) is 0 Å². The lowest BCUT2D eigenvalue weighted by Gasteiger charge is -2.29. The van der Waals surface area contributed by atoms with Crippen molar-refractivity contribution in [1.29, 1.82) is 0 Å². The molecule has 0 spiro atoms. The monoisotopic (exact) mass is 237 g/mol. The fourth-order valence-electron chi connectivity index (χ4n) is 1.66. The molecule has 1 unspecified atom stereocenters. The van der Waals surface area contributed by atoms with Gasteiger partial charge in [0, 0.05) is 0 Å². The predicted octanol–water partition coefficient (Wildman–Crippen LogP) is 1.69. The molecule has 0 heterocycles. The Labute approximate surface area is 102 Å². The van der Waals surface area contributed by atoms with Gasteiger partial charge in [0.05, 0.1) is 26.2 Å². The highest BCUT2D eigenvalue weighted by molar-refractivity contribution is 5.71. The standard InChI is InChI=1S/C13H19NO3/c1-13(14-2,9-12(15)17-4)10-6-5-7-11(8-10)16-3/h5-8,14H,9H2,1-4H3. The van der Waals surface area contributed by atoms with Crippen molar-refractivity contribution >= 4 is 5.97 Å². The molecule has 0 aliphatic rings. The Morgan fingerprint density at radius 1 is 1.41 bits per heavy atom. The molecule has 1 N–H and O–H groups in total. The molecule has 4 heteroatoms. The van der Waals surface area contributed by atoms with Crippen molar-refractivity contribution in [3.05, 3.63) is 29.8 Å². The third-order valence-electron chi connectivity index (χ3n) is 2.98. The summed E-state index contributed by atoms with van der Waals surface area (Å²) in [5.74, 6) is 0.526. The third kappa shape index (κ3) is 3.20. The first-order valence-electron chi connectivity index (χ1n) is 5.46. The number of hydrogen-bond acceptors (Lipinski definition) is 4. The normalized spacial score (nSPS) is 13.9. The number of ether oxygens (including phenoxy) is 2. The molecule has 0 bridgehead atoms. The summed E-state index contributed by atoms with van der Waals surface area (Å²) < 4.78 is 9.90. The van der Waals surface area contributed by atoms with E-state index >= 15 is 0 Å². The molecule has 17 heavy (non-hydrogen) atoms. The molecule has 1 rings (SSSR count). The van der Waals surface area contributed by atoms with E-state index in [0.717, 1.165) is 11.3 Å². The quantitative estimate of drug-likeness (QED) is 0.792. The molecule has 0 aliphatic carbocycles. The molecule has 0 aliphatic heterocycles. The van der Waals surface area contributed by atoms with E-state index in [9.17, 15) is 4.79 Å². The fraction of sp³-hybridized carbons (Fsp3) is 0.462. The van der Waals surface area contributed by atoms with E-state index in [2.05, 4.69) is 5.32 Å². The molecule has 1 aromatic carbocycles. The first-order chi connectivity index (χ1) is 8.05. The van der Waals surface area contributed by atoms with Crippen molar-refractivity contribution < 1.29 is 14.3 Å². The summed E-state index contributed by atoms with van der Waals surface area (Å²) in [5, 5.41) is 3.15. The number of rotatable bonds is 5. The third-order valence-corrected chi connectivity index (χ3v) is 2.98. The van der Waals surface area contributed by atoms with E-state index in [1.165, 1.54) is 7.11 Å². The summed E-state index contributed by atoms with van der Waals surface area (Å²) in [4.78, 5) is 11.4. The van der Waals surface area contributed by atoms with Crippen molar-refractivity contribution in [3.8, 4) is 5.75 Å². The molecule has 4 nitrogen and oxygen atoms in total. The lowest BCUT2D eigenvalue weighted by atomic mass is 9.88. The fourth-order valence-corrected chi connectivity index (χ4v) is 1.66. The topological polar surface area (TPSA) is 47.6 Å². The minimum atomic E-state index is -0.457. The Bertz CT molecular complexity index is 392. The molecule has 0 fully saturated rings. The summed E-state index contributed by atoms with van der Waals surface area (Å²) >= 11 is 0. The van der Waals surface area contributed by atoms with Crippen LogP contribution in [0, 0.1) is 0 Å². The van der Waals surface area contributed by atoms with Crippen molar-refractivity contribution in [2.75, 3.05) is 21.3 Å². The lowest BCUT2D eigenvalue weighted by Crippen LogP contribution is -2.39. The van der Waals surface area contributed by atoms with Gasteiger partial charge in [-0.2, -0.15) is 0 Å². The second kappa shape index (κ2) is 5.68. The maximum Gasteiger partial charge on any atom is 0.307 e. The molecule has 0 aromatic heterocycles. The zero-order chi connectivity index (χ0) is 12.9. The van der Waals surface area contributed by atoms with Crippen molar-refractivity contribution in [2.45, 2.75) is 18.9 Å². The Morgan fingerprint density at radius 3 is 2.65 bits per heavy atom. The van der Waals surface area contributed by atoms with Crippen LogP contribution >= 0.6 is 0 Å². The zero-order valence-electron chi connectivity index (χ0n) is 10.7. The first kappa shape index (κ1) is 13.5. The van der Waals surface area contributed by atoms with E-state index in [1.54, 1.807) is 7.11 Å². The van der Waals surface area contributed by atoms with Gasteiger partial charge >= 0.3 is 5.97 Å². The predicted molar refractivity (Wildman–Crippen MR) is 66.0 cm³/mol. The molecule has 1 atom stereocenters. The number of hydrogen-bond donors (Lipinski definition) is 1. The number of esters is 1. The van der Waals surface area contributed by atoms with E-state index < -0.39 is 5.54 Å². The van der Waals surface area contributed by atoms with Crippen LogP contribution in [0.1, 0.15) is 18.9 Å². The van der Waals surface area contributed by atoms with Crippen LogP contribution in [0.4, 0.5) is 0 Å². The van der Waals surface area contributed by atoms with Gasteiger partial charge in [0.25, 0.3) is 0 Å². The maximum absolute atomic E-state index is 11.4. The van der Waals surface area contributed by atoms with E-state index in [4.69, 9.17) is 9.47 Å². The molecular weight excluding hydrogens is 218 g/mol. The molecule has 94 valence electrons. The Hall–Kier alpha value is -1.55. The highest BCUT2D eigenvalue weighted by Gasteiger charge is 2.28. The first-order valence-corrected chi connectivity index (χ1v) is 5.46. The SMILES string of the molecule is CNC(C)(CC(=O)OC)c1cccc(OC)c1. The number of benzene rings is 1. The number of methoxy groups -OCH3 is 2. The largest absolute Gasteiger partial charge is 0.497 e. The summed E-state index contributed by atoms with van der Waals surface area (Å²) in [7, 11) is 4.84. The van der Waals surface area contributed by atoms with Gasteiger partial charge in [-0.25, -0.2) is 0 Å². The second-order valence-electron chi connectivity index (χ2n) is 4.07. The van der Waals surface area contributed by atoms with Gasteiger partial charge in [0.15, 0.2) is 0 Å². The molecule has 0 saturated heterocycles. The molecular formula is C13H19NO3. The highest BCUT2D eigenvalue weighted by Crippen LogP contribution is 2.27. The van der Waals surface area contributed by atoms with Gasteiger partial charge in [-0.05, 0) is 31.7 Å². The average molecular weight is 237 g/mol. The van der Waals surface area contributed by atoms with Gasteiger partial charge < -0.3 is 14.8 Å². The van der Waals surface area contributed by atoms with Crippen LogP contribution < -0.4 is 10.1 Å². The lowest BCUT2D eigenvalue weighted by molar-refractivity contribution is -0.142. The van der Waals surface area contributed by atoms with E-state index in [-0.39, 0.29) is 12.4 Å². The van der Waals surface area contributed by atoms with Crippen LogP contribution in [0.15, 0.2) is 24.3 Å². The smallest absolute Gasteiger partial charge is 0.307 e. The van der Waals surface area contributed by atoms with Gasteiger partial charge in [0.1, 0.15) is 5.75 Å². The zero-order valence-corrected chi connectivity index (χ0v) is 10.7. The Balaban J connectivity index is 3.02. The second-order valence-corrected chi connectivity index (χ2v) is 4.07. The van der Waals surface area contributed by atoms with Crippen molar-refractivity contribution in [3.63, 3.8) is 0 Å². The number of carbonyl (C=O) groups excluding carboxylic acids is 1. The summed E-state index contributed by atoms with van der Waals surface area (Å²) in [6.45, 7) is 1.96. The van der Waals surface area contributed by atoms with Gasteiger partial charge in [-0.15, -0.1) is 0 Å². The maximum atomic E-state index is 11.4.